The van der Waals surface area contributed by atoms with Crippen molar-refractivity contribution < 1.29 is 18.7 Å². The summed E-state index contributed by atoms with van der Waals surface area (Å²) in [6, 6.07) is 24.1. The largest absolute Gasteiger partial charge is 0.490 e. The summed E-state index contributed by atoms with van der Waals surface area (Å²) in [5.74, 6) is 0.706. The number of hydrogen-bond acceptors (Lipinski definition) is 5. The van der Waals surface area contributed by atoms with Gasteiger partial charge >= 0.3 is 0 Å². The van der Waals surface area contributed by atoms with E-state index >= 15 is 0 Å². The number of hydrogen-bond donors (Lipinski definition) is 1. The third-order valence-electron chi connectivity index (χ3n) is 5.53. The number of carbonyl (C=O) groups excluding carboxylic acids is 1. The fraction of sp³-hybridized carbons (Fsp3) is 0.103. The van der Waals surface area contributed by atoms with E-state index in [0.29, 0.717) is 40.5 Å². The molecule has 1 N–H and O–H groups in total. The van der Waals surface area contributed by atoms with Gasteiger partial charge in [-0.3, -0.25) is 4.79 Å². The van der Waals surface area contributed by atoms with E-state index in [9.17, 15) is 9.18 Å². The number of rotatable bonds is 7. The number of fused-ring (bicyclic) bond motifs is 1. The number of nitrogens with zero attached hydrogens (tertiary/aromatic N) is 1. The van der Waals surface area contributed by atoms with Gasteiger partial charge in [-0.2, -0.15) is 0 Å². The highest BCUT2D eigenvalue weighted by Gasteiger charge is 2.24. The summed E-state index contributed by atoms with van der Waals surface area (Å²) in [5, 5.41) is 5.56. The molecule has 0 atom stereocenters. The molecule has 0 bridgehead atoms. The van der Waals surface area contributed by atoms with E-state index in [1.54, 1.807) is 18.2 Å². The number of ether oxygens (including phenoxy) is 2. The molecule has 0 aliphatic carbocycles. The standard InChI is InChI=1S/C29H22FIN2O3S/c1-2-35-25-15-19(16-26-28(34)33-29(37-26)32-23-11-9-22(30)10-12-23)14-24(31)27(25)36-17-18-7-8-20-5-3-4-6-21(20)13-18/h3-16H,2,17H2,1H3,(H,32,33,34)/b26-16+. The van der Waals surface area contributed by atoms with Crippen molar-refractivity contribution in [2.75, 3.05) is 6.61 Å². The van der Waals surface area contributed by atoms with Crippen LogP contribution in [0.1, 0.15) is 18.1 Å². The Morgan fingerprint density at radius 3 is 2.57 bits per heavy atom. The first-order valence-corrected chi connectivity index (χ1v) is 13.5. The van der Waals surface area contributed by atoms with Crippen LogP contribution >= 0.6 is 34.4 Å². The molecular weight excluding hydrogens is 602 g/mol. The van der Waals surface area contributed by atoms with Crippen LogP contribution < -0.4 is 14.8 Å². The summed E-state index contributed by atoms with van der Waals surface area (Å²) >= 11 is 3.46. The molecule has 4 aromatic rings. The molecule has 1 aliphatic heterocycles. The minimum Gasteiger partial charge on any atom is -0.490 e. The van der Waals surface area contributed by atoms with Gasteiger partial charge in [-0.1, -0.05) is 36.4 Å². The molecule has 37 heavy (non-hydrogen) atoms. The molecule has 0 saturated carbocycles. The Hall–Kier alpha value is -3.37. The first kappa shape index (κ1) is 25.3. The van der Waals surface area contributed by atoms with Crippen molar-refractivity contribution in [3.8, 4) is 11.5 Å². The SMILES string of the molecule is CCOc1cc(/C=C2/SC(=Nc3ccc(F)cc3)NC2=O)cc(I)c1OCc1ccc2ccccc2c1. The van der Waals surface area contributed by atoms with Crippen LogP contribution in [-0.2, 0) is 11.4 Å². The maximum absolute atomic E-state index is 13.2. The van der Waals surface area contributed by atoms with Crippen LogP contribution in [0.2, 0.25) is 0 Å². The number of nitrogens with one attached hydrogen (secondary N) is 1. The van der Waals surface area contributed by atoms with Crippen molar-refractivity contribution in [2.45, 2.75) is 13.5 Å². The summed E-state index contributed by atoms with van der Waals surface area (Å²) in [6.45, 7) is 2.80. The van der Waals surface area contributed by atoms with Gasteiger partial charge in [0.25, 0.3) is 5.91 Å². The maximum Gasteiger partial charge on any atom is 0.264 e. The summed E-state index contributed by atoms with van der Waals surface area (Å²) in [4.78, 5) is 17.4. The fourth-order valence-electron chi connectivity index (χ4n) is 3.82. The van der Waals surface area contributed by atoms with Gasteiger partial charge < -0.3 is 14.8 Å². The summed E-state index contributed by atoms with van der Waals surface area (Å²) in [7, 11) is 0. The van der Waals surface area contributed by atoms with Crippen LogP contribution in [0.5, 0.6) is 11.5 Å². The highest BCUT2D eigenvalue weighted by Crippen LogP contribution is 2.37. The Kier molecular flexibility index (Phi) is 7.76. The van der Waals surface area contributed by atoms with Gasteiger partial charge in [0.05, 0.1) is 20.8 Å². The van der Waals surface area contributed by atoms with Crippen LogP contribution in [0.15, 0.2) is 88.8 Å². The lowest BCUT2D eigenvalue weighted by molar-refractivity contribution is -0.115. The van der Waals surface area contributed by atoms with Crippen molar-refractivity contribution in [3.63, 3.8) is 0 Å². The Morgan fingerprint density at radius 1 is 1.00 bits per heavy atom. The van der Waals surface area contributed by atoms with E-state index in [-0.39, 0.29) is 11.7 Å². The van der Waals surface area contributed by atoms with Gasteiger partial charge in [-0.05, 0) is 112 Å². The van der Waals surface area contributed by atoms with Crippen molar-refractivity contribution >= 4 is 68.0 Å². The lowest BCUT2D eigenvalue weighted by Gasteiger charge is -2.15. The molecule has 0 radical (unpaired) electrons. The van der Waals surface area contributed by atoms with Crippen LogP contribution in [0.3, 0.4) is 0 Å². The number of amidine groups is 1. The Balaban J connectivity index is 1.36. The van der Waals surface area contributed by atoms with E-state index in [0.717, 1.165) is 14.7 Å². The predicted octanol–water partition coefficient (Wildman–Crippen LogP) is 7.45. The molecule has 186 valence electrons. The third-order valence-corrected chi connectivity index (χ3v) is 7.25. The zero-order chi connectivity index (χ0) is 25.8. The Labute approximate surface area is 231 Å². The molecular formula is C29H22FIN2O3S. The van der Waals surface area contributed by atoms with Crippen LogP contribution in [-0.4, -0.2) is 17.7 Å². The predicted molar refractivity (Wildman–Crippen MR) is 156 cm³/mol. The number of carbonyl (C=O) groups is 1. The molecule has 0 spiro atoms. The second-order valence-corrected chi connectivity index (χ2v) is 10.4. The third kappa shape index (κ3) is 6.14. The fourth-order valence-corrected chi connectivity index (χ4v) is 5.45. The molecule has 0 aromatic heterocycles. The van der Waals surface area contributed by atoms with Crippen molar-refractivity contribution in [1.29, 1.82) is 0 Å². The van der Waals surface area contributed by atoms with Gasteiger partial charge in [-0.25, -0.2) is 9.38 Å². The zero-order valence-corrected chi connectivity index (χ0v) is 22.8. The van der Waals surface area contributed by atoms with Gasteiger partial charge in [0.2, 0.25) is 0 Å². The molecule has 5 rings (SSSR count). The van der Waals surface area contributed by atoms with Crippen LogP contribution in [0.4, 0.5) is 10.1 Å². The molecule has 0 unspecified atom stereocenters. The molecule has 1 fully saturated rings. The molecule has 1 amide bonds. The zero-order valence-electron chi connectivity index (χ0n) is 19.8. The van der Waals surface area contributed by atoms with Gasteiger partial charge in [0, 0.05) is 0 Å². The summed E-state index contributed by atoms with van der Waals surface area (Å²) in [5.41, 5.74) is 2.44. The van der Waals surface area contributed by atoms with E-state index in [2.05, 4.69) is 63.2 Å². The quantitative estimate of drug-likeness (QED) is 0.172. The average molecular weight is 624 g/mol. The molecule has 1 saturated heterocycles. The highest BCUT2D eigenvalue weighted by atomic mass is 127. The number of halogens is 2. The minimum atomic E-state index is -0.336. The topological polar surface area (TPSA) is 59.9 Å². The normalized spacial score (nSPS) is 15.4. The smallest absolute Gasteiger partial charge is 0.264 e. The highest BCUT2D eigenvalue weighted by molar-refractivity contribution is 14.1. The molecule has 1 aliphatic rings. The van der Waals surface area contributed by atoms with Crippen molar-refractivity contribution in [2.24, 2.45) is 4.99 Å². The average Bonchev–Trinajstić information content (AvgIpc) is 3.23. The van der Waals surface area contributed by atoms with E-state index < -0.39 is 0 Å². The molecule has 8 heteroatoms. The molecule has 5 nitrogen and oxygen atoms in total. The Bertz CT molecular complexity index is 1540. The van der Waals surface area contributed by atoms with E-state index in [4.69, 9.17) is 9.47 Å². The van der Waals surface area contributed by atoms with E-state index in [1.807, 2.05) is 31.2 Å². The lowest BCUT2D eigenvalue weighted by atomic mass is 10.1. The lowest BCUT2D eigenvalue weighted by Crippen LogP contribution is -2.19. The van der Waals surface area contributed by atoms with Gasteiger partial charge in [-0.15, -0.1) is 0 Å². The van der Waals surface area contributed by atoms with Gasteiger partial charge in [0.15, 0.2) is 16.7 Å². The van der Waals surface area contributed by atoms with Crippen molar-refractivity contribution in [1.82, 2.24) is 5.32 Å². The minimum absolute atomic E-state index is 0.240. The monoisotopic (exact) mass is 624 g/mol. The molecule has 1 heterocycles. The summed E-state index contributed by atoms with van der Waals surface area (Å²) in [6.07, 6.45) is 1.80. The Morgan fingerprint density at radius 2 is 1.78 bits per heavy atom. The summed E-state index contributed by atoms with van der Waals surface area (Å²) < 4.78 is 26.1. The first-order valence-electron chi connectivity index (χ1n) is 11.6. The second-order valence-electron chi connectivity index (χ2n) is 8.19. The number of aliphatic imine (C=N–C) groups is 1. The number of amides is 1. The van der Waals surface area contributed by atoms with Crippen molar-refractivity contribution in [3.05, 3.63) is 104 Å². The maximum atomic E-state index is 13.2. The van der Waals surface area contributed by atoms with Crippen LogP contribution in [0.25, 0.3) is 16.8 Å². The van der Waals surface area contributed by atoms with Gasteiger partial charge in [0.1, 0.15) is 12.4 Å². The van der Waals surface area contributed by atoms with Crippen LogP contribution in [0, 0.1) is 9.39 Å². The second kappa shape index (κ2) is 11.4. The molecule has 4 aromatic carbocycles. The van der Waals surface area contributed by atoms with E-state index in [1.165, 1.54) is 34.7 Å². The number of thioether (sulfide) groups is 1. The first-order chi connectivity index (χ1) is 18.0. The number of benzene rings is 4.